The van der Waals surface area contributed by atoms with Gasteiger partial charge in [-0.3, -0.25) is 4.79 Å². The molecule has 0 saturated heterocycles. The number of allylic oxidation sites excluding steroid dienone is 1. The number of rotatable bonds is 1. The van der Waals surface area contributed by atoms with E-state index >= 15 is 0 Å². The fourth-order valence-electron chi connectivity index (χ4n) is 7.23. The summed E-state index contributed by atoms with van der Waals surface area (Å²) in [5.41, 5.74) is 2.57. The van der Waals surface area contributed by atoms with Crippen molar-refractivity contribution in [3.05, 3.63) is 11.6 Å². The quantitative estimate of drug-likeness (QED) is 0.467. The zero-order valence-corrected chi connectivity index (χ0v) is 15.9. The molecule has 0 radical (unpaired) electrons. The molecule has 134 valence electrons. The Morgan fingerprint density at radius 1 is 1.12 bits per heavy atom. The minimum absolute atomic E-state index is 0.119. The van der Waals surface area contributed by atoms with Gasteiger partial charge in [0.1, 0.15) is 6.10 Å². The number of ether oxygens (including phenoxy) is 1. The molecule has 0 aliphatic heterocycles. The lowest BCUT2D eigenvalue weighted by atomic mass is 9.47. The molecule has 4 rings (SSSR count). The molecule has 0 aromatic heterocycles. The molecule has 0 aromatic carbocycles. The van der Waals surface area contributed by atoms with Crippen LogP contribution in [0.3, 0.4) is 0 Å². The van der Waals surface area contributed by atoms with Crippen molar-refractivity contribution in [3.8, 4) is 0 Å². The molecule has 0 bridgehead atoms. The predicted molar refractivity (Wildman–Crippen MR) is 96.4 cm³/mol. The Morgan fingerprint density at radius 2 is 1.92 bits per heavy atom. The van der Waals surface area contributed by atoms with E-state index in [9.17, 15) is 4.79 Å². The van der Waals surface area contributed by atoms with Crippen molar-refractivity contribution in [3.63, 3.8) is 0 Å². The molecular weight excluding hydrogens is 296 g/mol. The van der Waals surface area contributed by atoms with Gasteiger partial charge in [0.2, 0.25) is 0 Å². The lowest BCUT2D eigenvalue weighted by molar-refractivity contribution is -0.148. The highest BCUT2D eigenvalue weighted by Crippen LogP contribution is 2.66. The van der Waals surface area contributed by atoms with E-state index in [1.807, 2.05) is 0 Å². The van der Waals surface area contributed by atoms with Crippen molar-refractivity contribution in [1.29, 1.82) is 0 Å². The SMILES string of the molecule is CC(=O)O[C@H]1CC[C@@]2(C)C(=CC[C@H]3[C@@H]4CC[C@H](C)[C@@]4(C)CC[C@@H]32)C1. The molecule has 3 saturated carbocycles. The smallest absolute Gasteiger partial charge is 0.302 e. The number of esters is 1. The van der Waals surface area contributed by atoms with Crippen LogP contribution in [0, 0.1) is 34.5 Å². The summed E-state index contributed by atoms with van der Waals surface area (Å²) >= 11 is 0. The van der Waals surface area contributed by atoms with Gasteiger partial charge in [0, 0.05) is 13.3 Å². The molecule has 0 heterocycles. The summed E-state index contributed by atoms with van der Waals surface area (Å²) < 4.78 is 5.54. The average Bonchev–Trinajstić information content (AvgIpc) is 2.83. The Bertz CT molecular complexity index is 564. The van der Waals surface area contributed by atoms with Gasteiger partial charge in [-0.05, 0) is 79.4 Å². The first-order valence-electron chi connectivity index (χ1n) is 10.2. The number of hydrogen-bond acceptors (Lipinski definition) is 2. The van der Waals surface area contributed by atoms with E-state index in [0.717, 1.165) is 36.5 Å². The third kappa shape index (κ3) is 2.31. The van der Waals surface area contributed by atoms with Crippen molar-refractivity contribution < 1.29 is 9.53 Å². The minimum Gasteiger partial charge on any atom is -0.462 e. The summed E-state index contributed by atoms with van der Waals surface area (Å²) in [6.45, 7) is 9.16. The van der Waals surface area contributed by atoms with Crippen LogP contribution in [0.25, 0.3) is 0 Å². The van der Waals surface area contributed by atoms with Gasteiger partial charge in [0.05, 0.1) is 0 Å². The summed E-state index contributed by atoms with van der Waals surface area (Å²) in [7, 11) is 0. The van der Waals surface area contributed by atoms with Gasteiger partial charge in [-0.1, -0.05) is 32.4 Å². The van der Waals surface area contributed by atoms with Gasteiger partial charge in [-0.15, -0.1) is 0 Å². The van der Waals surface area contributed by atoms with Crippen LogP contribution in [-0.2, 0) is 9.53 Å². The van der Waals surface area contributed by atoms with E-state index < -0.39 is 0 Å². The number of hydrogen-bond donors (Lipinski definition) is 0. The molecule has 2 nitrogen and oxygen atoms in total. The van der Waals surface area contributed by atoms with E-state index in [4.69, 9.17) is 4.74 Å². The van der Waals surface area contributed by atoms with Gasteiger partial charge < -0.3 is 4.74 Å². The lowest BCUT2D eigenvalue weighted by Crippen LogP contribution is -2.50. The van der Waals surface area contributed by atoms with Crippen molar-refractivity contribution in [2.45, 2.75) is 85.2 Å². The molecule has 4 aliphatic rings. The lowest BCUT2D eigenvalue weighted by Gasteiger charge is -2.58. The second-order valence-electron chi connectivity index (χ2n) is 9.76. The van der Waals surface area contributed by atoms with E-state index in [1.165, 1.54) is 38.5 Å². The van der Waals surface area contributed by atoms with Gasteiger partial charge in [-0.25, -0.2) is 0 Å². The van der Waals surface area contributed by atoms with Crippen LogP contribution in [0.4, 0.5) is 0 Å². The summed E-state index contributed by atoms with van der Waals surface area (Å²) in [4.78, 5) is 11.3. The van der Waals surface area contributed by atoms with Crippen molar-refractivity contribution in [2.75, 3.05) is 0 Å². The van der Waals surface area contributed by atoms with Crippen molar-refractivity contribution in [1.82, 2.24) is 0 Å². The Morgan fingerprint density at radius 3 is 2.67 bits per heavy atom. The van der Waals surface area contributed by atoms with E-state index in [2.05, 4.69) is 26.8 Å². The maximum atomic E-state index is 11.3. The summed E-state index contributed by atoms with van der Waals surface area (Å²) in [5, 5.41) is 0. The molecule has 2 heteroatoms. The normalized spacial score (nSPS) is 50.3. The third-order valence-corrected chi connectivity index (χ3v) is 8.87. The van der Waals surface area contributed by atoms with Gasteiger partial charge >= 0.3 is 5.97 Å². The Kier molecular flexibility index (Phi) is 3.89. The second kappa shape index (κ2) is 5.61. The summed E-state index contributed by atoms with van der Waals surface area (Å²) in [5.74, 6) is 3.48. The Labute approximate surface area is 147 Å². The van der Waals surface area contributed by atoms with Crippen molar-refractivity contribution >= 4 is 5.97 Å². The van der Waals surface area contributed by atoms with Crippen LogP contribution in [0.2, 0.25) is 0 Å². The Balaban J connectivity index is 1.59. The highest BCUT2D eigenvalue weighted by atomic mass is 16.5. The number of carbonyl (C=O) groups is 1. The molecule has 7 atom stereocenters. The molecular formula is C22H34O2. The number of fused-ring (bicyclic) bond motifs is 5. The predicted octanol–water partition coefficient (Wildman–Crippen LogP) is 5.52. The summed E-state index contributed by atoms with van der Waals surface area (Å²) in [6.07, 6.45) is 12.9. The van der Waals surface area contributed by atoms with E-state index in [1.54, 1.807) is 12.5 Å². The monoisotopic (exact) mass is 330 g/mol. The maximum Gasteiger partial charge on any atom is 0.302 e. The molecule has 4 aliphatic carbocycles. The fourth-order valence-corrected chi connectivity index (χ4v) is 7.23. The summed E-state index contributed by atoms with van der Waals surface area (Å²) in [6, 6.07) is 0. The molecule has 0 amide bonds. The largest absolute Gasteiger partial charge is 0.462 e. The topological polar surface area (TPSA) is 26.3 Å². The average molecular weight is 331 g/mol. The molecule has 0 unspecified atom stereocenters. The van der Waals surface area contributed by atoms with E-state index in [-0.39, 0.29) is 12.1 Å². The molecule has 0 spiro atoms. The van der Waals surface area contributed by atoms with Crippen LogP contribution in [-0.4, -0.2) is 12.1 Å². The zero-order chi connectivity index (χ0) is 17.1. The first kappa shape index (κ1) is 16.7. The standard InChI is InChI=1S/C22H34O2/c1-14-5-8-19-18-7-6-16-13-17(24-15(2)23)9-11-22(16,4)20(18)10-12-21(14,19)3/h6,14,17-20H,5,7-13H2,1-4H3/t14-,17-,18-,19-,20-,21+,22-/m0/s1. The van der Waals surface area contributed by atoms with Crippen LogP contribution >= 0.6 is 0 Å². The molecule has 0 N–H and O–H groups in total. The molecule has 3 fully saturated rings. The van der Waals surface area contributed by atoms with Crippen LogP contribution in [0.5, 0.6) is 0 Å². The highest BCUT2D eigenvalue weighted by Gasteiger charge is 2.57. The van der Waals surface area contributed by atoms with E-state index in [0.29, 0.717) is 10.8 Å². The maximum absolute atomic E-state index is 11.3. The van der Waals surface area contributed by atoms with Crippen molar-refractivity contribution in [2.24, 2.45) is 34.5 Å². The Hall–Kier alpha value is -0.790. The third-order valence-electron chi connectivity index (χ3n) is 8.87. The zero-order valence-electron chi connectivity index (χ0n) is 15.9. The van der Waals surface area contributed by atoms with Gasteiger partial charge in [0.25, 0.3) is 0 Å². The first-order valence-corrected chi connectivity index (χ1v) is 10.2. The molecule has 0 aromatic rings. The fraction of sp³-hybridized carbons (Fsp3) is 0.864. The highest BCUT2D eigenvalue weighted by molar-refractivity contribution is 5.66. The van der Waals surface area contributed by atoms with Crippen LogP contribution in [0.1, 0.15) is 79.1 Å². The van der Waals surface area contributed by atoms with Gasteiger partial charge in [0.15, 0.2) is 0 Å². The van der Waals surface area contributed by atoms with Crippen LogP contribution < -0.4 is 0 Å². The first-order chi connectivity index (χ1) is 11.3. The van der Waals surface area contributed by atoms with Crippen LogP contribution in [0.15, 0.2) is 11.6 Å². The molecule has 24 heavy (non-hydrogen) atoms. The second-order valence-corrected chi connectivity index (χ2v) is 9.76. The van der Waals surface area contributed by atoms with Gasteiger partial charge in [-0.2, -0.15) is 0 Å². The number of carbonyl (C=O) groups excluding carboxylic acids is 1. The minimum atomic E-state index is -0.119.